The minimum absolute atomic E-state index is 0.0409. The van der Waals surface area contributed by atoms with Gasteiger partial charge in [0, 0.05) is 5.56 Å². The van der Waals surface area contributed by atoms with Crippen LogP contribution in [-0.4, -0.2) is 24.8 Å². The first-order chi connectivity index (χ1) is 11.1. The highest BCUT2D eigenvalue weighted by Crippen LogP contribution is 2.33. The molecule has 0 saturated heterocycles. The first-order valence-corrected chi connectivity index (χ1v) is 7.07. The molecule has 5 heteroatoms. The summed E-state index contributed by atoms with van der Waals surface area (Å²) < 4.78 is 23.9. The third kappa shape index (κ3) is 3.88. The van der Waals surface area contributed by atoms with Crippen molar-refractivity contribution in [2.75, 3.05) is 13.7 Å². The minimum atomic E-state index is -1.11. The Morgan fingerprint density at radius 3 is 2.48 bits per heavy atom. The van der Waals surface area contributed by atoms with Crippen molar-refractivity contribution in [1.82, 2.24) is 0 Å². The van der Waals surface area contributed by atoms with Crippen LogP contribution in [-0.2, 0) is 4.79 Å². The molecule has 2 aromatic rings. The van der Waals surface area contributed by atoms with Crippen LogP contribution in [0.25, 0.3) is 11.6 Å². The smallest absolute Gasteiger partial charge is 0.336 e. The van der Waals surface area contributed by atoms with E-state index in [0.717, 1.165) is 0 Å². The molecule has 2 aromatic carbocycles. The highest BCUT2D eigenvalue weighted by atomic mass is 19.1. The summed E-state index contributed by atoms with van der Waals surface area (Å²) in [6, 6.07) is 10.5. The number of para-hydroxylation sites is 1. The lowest BCUT2D eigenvalue weighted by molar-refractivity contribution is -0.130. The van der Waals surface area contributed by atoms with Crippen molar-refractivity contribution in [3.63, 3.8) is 0 Å². The maximum absolute atomic E-state index is 13.0. The van der Waals surface area contributed by atoms with Gasteiger partial charge >= 0.3 is 5.97 Å². The van der Waals surface area contributed by atoms with Crippen LogP contribution in [0.1, 0.15) is 18.1 Å². The number of benzene rings is 2. The Bertz CT molecular complexity index is 720. The van der Waals surface area contributed by atoms with Gasteiger partial charge in [0.05, 0.1) is 19.3 Å². The lowest BCUT2D eigenvalue weighted by Gasteiger charge is -2.12. The molecular weight excluding hydrogens is 299 g/mol. The zero-order chi connectivity index (χ0) is 16.8. The average molecular weight is 316 g/mol. The van der Waals surface area contributed by atoms with E-state index in [4.69, 9.17) is 9.47 Å². The van der Waals surface area contributed by atoms with Gasteiger partial charge in [0.25, 0.3) is 0 Å². The van der Waals surface area contributed by atoms with Gasteiger partial charge in [-0.25, -0.2) is 9.18 Å². The largest absolute Gasteiger partial charge is 0.493 e. The summed E-state index contributed by atoms with van der Waals surface area (Å²) in [6.45, 7) is 2.25. The van der Waals surface area contributed by atoms with Gasteiger partial charge in [-0.15, -0.1) is 0 Å². The van der Waals surface area contributed by atoms with Crippen molar-refractivity contribution in [2.45, 2.75) is 6.92 Å². The zero-order valence-corrected chi connectivity index (χ0v) is 12.9. The van der Waals surface area contributed by atoms with Gasteiger partial charge in [-0.2, -0.15) is 0 Å². The summed E-state index contributed by atoms with van der Waals surface area (Å²) in [6.07, 6.45) is 1.49. The second-order valence-corrected chi connectivity index (χ2v) is 4.68. The zero-order valence-electron chi connectivity index (χ0n) is 12.9. The highest BCUT2D eigenvalue weighted by molar-refractivity contribution is 6.20. The maximum atomic E-state index is 13.0. The predicted molar refractivity (Wildman–Crippen MR) is 86.1 cm³/mol. The monoisotopic (exact) mass is 316 g/mol. The molecule has 0 atom stereocenters. The Morgan fingerprint density at radius 2 is 1.91 bits per heavy atom. The number of halogens is 1. The number of ether oxygens (including phenoxy) is 2. The van der Waals surface area contributed by atoms with E-state index in [0.29, 0.717) is 29.2 Å². The van der Waals surface area contributed by atoms with Crippen molar-refractivity contribution in [3.8, 4) is 11.5 Å². The number of methoxy groups -OCH3 is 1. The van der Waals surface area contributed by atoms with Gasteiger partial charge in [-0.05, 0) is 36.8 Å². The molecule has 1 N–H and O–H groups in total. The van der Waals surface area contributed by atoms with Gasteiger partial charge in [0.1, 0.15) is 5.82 Å². The normalized spacial score (nSPS) is 11.2. The second kappa shape index (κ2) is 7.45. The van der Waals surface area contributed by atoms with E-state index in [-0.39, 0.29) is 5.57 Å². The summed E-state index contributed by atoms with van der Waals surface area (Å²) >= 11 is 0. The van der Waals surface area contributed by atoms with E-state index in [9.17, 15) is 14.3 Å². The van der Waals surface area contributed by atoms with Crippen LogP contribution in [0.2, 0.25) is 0 Å². The first-order valence-electron chi connectivity index (χ1n) is 7.07. The molecule has 23 heavy (non-hydrogen) atoms. The SMILES string of the molecule is CCOc1c(/C=C(\C(=O)O)c2ccc(F)cc2)cccc1OC. The van der Waals surface area contributed by atoms with Gasteiger partial charge in [0.15, 0.2) is 11.5 Å². The van der Waals surface area contributed by atoms with Crippen LogP contribution in [0.5, 0.6) is 11.5 Å². The molecule has 2 rings (SSSR count). The standard InChI is InChI=1S/C18H17FO4/c1-3-23-17-13(5-4-6-16(17)22-2)11-15(18(20)21)12-7-9-14(19)10-8-12/h4-11H,3H2,1-2H3,(H,20,21)/b15-11-. The van der Waals surface area contributed by atoms with Crippen molar-refractivity contribution < 1.29 is 23.8 Å². The Balaban J connectivity index is 2.56. The minimum Gasteiger partial charge on any atom is -0.493 e. The lowest BCUT2D eigenvalue weighted by atomic mass is 10.0. The molecule has 0 fully saturated rings. The number of carboxylic acid groups (broad SMARTS) is 1. The van der Waals surface area contributed by atoms with E-state index in [1.807, 2.05) is 6.92 Å². The van der Waals surface area contributed by atoms with Crippen molar-refractivity contribution >= 4 is 17.6 Å². The summed E-state index contributed by atoms with van der Waals surface area (Å²) in [4.78, 5) is 11.6. The lowest BCUT2D eigenvalue weighted by Crippen LogP contribution is -2.01. The van der Waals surface area contributed by atoms with E-state index in [2.05, 4.69) is 0 Å². The molecule has 0 unspecified atom stereocenters. The molecule has 0 spiro atoms. The summed E-state index contributed by atoms with van der Waals surface area (Å²) in [5.74, 6) is -0.542. The molecular formula is C18H17FO4. The van der Waals surface area contributed by atoms with Crippen molar-refractivity contribution in [3.05, 3.63) is 59.4 Å². The molecule has 0 aliphatic heterocycles. The fraction of sp³-hybridized carbons (Fsp3) is 0.167. The molecule has 0 amide bonds. The molecule has 0 radical (unpaired) electrons. The average Bonchev–Trinajstić information content (AvgIpc) is 2.54. The number of hydrogen-bond acceptors (Lipinski definition) is 3. The Hall–Kier alpha value is -2.82. The molecule has 0 aromatic heterocycles. The van der Waals surface area contributed by atoms with E-state index in [1.54, 1.807) is 18.2 Å². The second-order valence-electron chi connectivity index (χ2n) is 4.68. The molecule has 0 bridgehead atoms. The molecule has 120 valence electrons. The van der Waals surface area contributed by atoms with Gasteiger partial charge in [-0.1, -0.05) is 24.3 Å². The van der Waals surface area contributed by atoms with Crippen LogP contribution in [0.4, 0.5) is 4.39 Å². The molecule has 0 aliphatic rings. The van der Waals surface area contributed by atoms with Crippen molar-refractivity contribution in [2.24, 2.45) is 0 Å². The summed E-state index contributed by atoms with van der Waals surface area (Å²) in [5, 5.41) is 9.47. The Labute approximate surface area is 133 Å². The highest BCUT2D eigenvalue weighted by Gasteiger charge is 2.14. The molecule has 0 aliphatic carbocycles. The predicted octanol–water partition coefficient (Wildman–Crippen LogP) is 3.86. The number of rotatable bonds is 6. The van der Waals surface area contributed by atoms with E-state index >= 15 is 0 Å². The van der Waals surface area contributed by atoms with Crippen LogP contribution in [0.15, 0.2) is 42.5 Å². The third-order valence-electron chi connectivity index (χ3n) is 3.20. The van der Waals surface area contributed by atoms with Crippen LogP contribution < -0.4 is 9.47 Å². The molecule has 0 heterocycles. The fourth-order valence-corrected chi connectivity index (χ4v) is 2.16. The van der Waals surface area contributed by atoms with Crippen LogP contribution >= 0.6 is 0 Å². The number of carboxylic acids is 1. The maximum Gasteiger partial charge on any atom is 0.336 e. The fourth-order valence-electron chi connectivity index (χ4n) is 2.16. The number of carbonyl (C=O) groups is 1. The number of aliphatic carboxylic acids is 1. The molecule has 4 nitrogen and oxygen atoms in total. The number of hydrogen-bond donors (Lipinski definition) is 1. The Kier molecular flexibility index (Phi) is 5.36. The van der Waals surface area contributed by atoms with Crippen LogP contribution in [0.3, 0.4) is 0 Å². The van der Waals surface area contributed by atoms with Gasteiger partial charge in [0.2, 0.25) is 0 Å². The Morgan fingerprint density at radius 1 is 1.22 bits per heavy atom. The van der Waals surface area contributed by atoms with E-state index < -0.39 is 11.8 Å². The van der Waals surface area contributed by atoms with Crippen LogP contribution in [0, 0.1) is 5.82 Å². The van der Waals surface area contributed by atoms with Gasteiger partial charge in [-0.3, -0.25) is 0 Å². The first kappa shape index (κ1) is 16.5. The summed E-state index contributed by atoms with van der Waals surface area (Å²) in [7, 11) is 1.52. The summed E-state index contributed by atoms with van der Waals surface area (Å²) in [5.41, 5.74) is 1.02. The topological polar surface area (TPSA) is 55.8 Å². The molecule has 0 saturated carbocycles. The third-order valence-corrected chi connectivity index (χ3v) is 3.20. The van der Waals surface area contributed by atoms with Gasteiger partial charge < -0.3 is 14.6 Å². The quantitative estimate of drug-likeness (QED) is 0.649. The van der Waals surface area contributed by atoms with Crippen molar-refractivity contribution in [1.29, 1.82) is 0 Å². The van der Waals surface area contributed by atoms with E-state index in [1.165, 1.54) is 37.5 Å².